The fraction of sp³-hybridized carbons (Fsp3) is 0.556. The molecular formula is C18H26N2O3. The molecule has 126 valence electrons. The van der Waals surface area contributed by atoms with Gasteiger partial charge in [-0.1, -0.05) is 19.9 Å². The van der Waals surface area contributed by atoms with Gasteiger partial charge in [-0.15, -0.1) is 0 Å². The molecule has 0 spiro atoms. The van der Waals surface area contributed by atoms with E-state index in [0.717, 1.165) is 5.75 Å². The Labute approximate surface area is 138 Å². The van der Waals surface area contributed by atoms with Crippen LogP contribution in [0.2, 0.25) is 0 Å². The summed E-state index contributed by atoms with van der Waals surface area (Å²) in [5, 5.41) is 2.84. The standard InChI is InChI=1S/C18H26N2O3/c1-5-18(6-2)16(21)20(17(22)19-18)10-7-11-23-15-9-8-13(3)14(4)12-15/h8-9,12H,5-7,10-11H2,1-4H3,(H,19,22). The Hall–Kier alpha value is -2.04. The average Bonchev–Trinajstić information content (AvgIpc) is 2.78. The topological polar surface area (TPSA) is 58.6 Å². The number of ether oxygens (including phenoxy) is 1. The number of amides is 3. The molecule has 1 aliphatic heterocycles. The number of nitrogens with one attached hydrogen (secondary N) is 1. The Bertz CT molecular complexity index is 594. The third-order valence-corrected chi connectivity index (χ3v) is 4.73. The minimum Gasteiger partial charge on any atom is -0.494 e. The molecule has 0 saturated carbocycles. The molecule has 0 bridgehead atoms. The van der Waals surface area contributed by atoms with Crippen molar-refractivity contribution < 1.29 is 14.3 Å². The number of benzene rings is 1. The van der Waals surface area contributed by atoms with Crippen molar-refractivity contribution in [1.82, 2.24) is 10.2 Å². The van der Waals surface area contributed by atoms with Crippen molar-refractivity contribution in [3.8, 4) is 5.75 Å². The first-order valence-electron chi connectivity index (χ1n) is 8.27. The Morgan fingerprint density at radius 2 is 1.83 bits per heavy atom. The van der Waals surface area contributed by atoms with E-state index in [0.29, 0.717) is 32.4 Å². The maximum absolute atomic E-state index is 12.4. The highest BCUT2D eigenvalue weighted by Gasteiger charge is 2.48. The second-order valence-electron chi connectivity index (χ2n) is 6.12. The van der Waals surface area contributed by atoms with Crippen LogP contribution in [0.4, 0.5) is 4.79 Å². The largest absolute Gasteiger partial charge is 0.494 e. The highest BCUT2D eigenvalue weighted by atomic mass is 16.5. The molecule has 1 N–H and O–H groups in total. The molecule has 5 nitrogen and oxygen atoms in total. The third kappa shape index (κ3) is 3.49. The van der Waals surface area contributed by atoms with Gasteiger partial charge in [-0.2, -0.15) is 0 Å². The van der Waals surface area contributed by atoms with E-state index in [9.17, 15) is 9.59 Å². The summed E-state index contributed by atoms with van der Waals surface area (Å²) in [6, 6.07) is 5.68. The third-order valence-electron chi connectivity index (χ3n) is 4.73. The van der Waals surface area contributed by atoms with Gasteiger partial charge in [-0.05, 0) is 56.4 Å². The van der Waals surface area contributed by atoms with Gasteiger partial charge < -0.3 is 10.1 Å². The van der Waals surface area contributed by atoms with Gasteiger partial charge in [0.05, 0.1) is 6.61 Å². The second-order valence-corrected chi connectivity index (χ2v) is 6.12. The summed E-state index contributed by atoms with van der Waals surface area (Å²) < 4.78 is 5.71. The number of nitrogens with zero attached hydrogens (tertiary/aromatic N) is 1. The normalized spacial score (nSPS) is 16.6. The summed E-state index contributed by atoms with van der Waals surface area (Å²) in [5.74, 6) is 0.709. The van der Waals surface area contributed by atoms with E-state index in [1.807, 2.05) is 39.0 Å². The van der Waals surface area contributed by atoms with Gasteiger partial charge in [0.1, 0.15) is 11.3 Å². The van der Waals surface area contributed by atoms with E-state index >= 15 is 0 Å². The van der Waals surface area contributed by atoms with Crippen molar-refractivity contribution in [2.75, 3.05) is 13.2 Å². The van der Waals surface area contributed by atoms with Crippen LogP contribution in [0.25, 0.3) is 0 Å². The van der Waals surface area contributed by atoms with Crippen LogP contribution in [0, 0.1) is 13.8 Å². The van der Waals surface area contributed by atoms with Crippen molar-refractivity contribution >= 4 is 11.9 Å². The van der Waals surface area contributed by atoms with Crippen LogP contribution >= 0.6 is 0 Å². The molecule has 23 heavy (non-hydrogen) atoms. The van der Waals surface area contributed by atoms with Gasteiger partial charge in [-0.25, -0.2) is 4.79 Å². The highest BCUT2D eigenvalue weighted by molar-refractivity contribution is 6.06. The second kappa shape index (κ2) is 7.02. The summed E-state index contributed by atoms with van der Waals surface area (Å²) >= 11 is 0. The van der Waals surface area contributed by atoms with Gasteiger partial charge in [0.2, 0.25) is 0 Å². The lowest BCUT2D eigenvalue weighted by atomic mass is 9.93. The number of urea groups is 1. The van der Waals surface area contributed by atoms with Gasteiger partial charge >= 0.3 is 6.03 Å². The Kier molecular flexibility index (Phi) is 5.29. The molecule has 2 rings (SSSR count). The quantitative estimate of drug-likeness (QED) is 0.620. The molecule has 1 aromatic carbocycles. The monoisotopic (exact) mass is 318 g/mol. The molecule has 1 fully saturated rings. The number of aryl methyl sites for hydroxylation is 2. The molecule has 0 aromatic heterocycles. The predicted octanol–water partition coefficient (Wildman–Crippen LogP) is 3.18. The van der Waals surface area contributed by atoms with E-state index in [4.69, 9.17) is 4.74 Å². The molecule has 0 aliphatic carbocycles. The zero-order valence-electron chi connectivity index (χ0n) is 14.4. The summed E-state index contributed by atoms with van der Waals surface area (Å²) in [7, 11) is 0. The minimum absolute atomic E-state index is 0.112. The van der Waals surface area contributed by atoms with Crippen molar-refractivity contribution in [1.29, 1.82) is 0 Å². The highest BCUT2D eigenvalue weighted by Crippen LogP contribution is 2.25. The predicted molar refractivity (Wildman–Crippen MR) is 89.6 cm³/mol. The van der Waals surface area contributed by atoms with E-state index in [1.54, 1.807) is 0 Å². The number of hydrogen-bond donors (Lipinski definition) is 1. The fourth-order valence-electron chi connectivity index (χ4n) is 2.82. The van der Waals surface area contributed by atoms with Crippen LogP contribution in [-0.2, 0) is 4.79 Å². The van der Waals surface area contributed by atoms with Crippen molar-refractivity contribution in [3.05, 3.63) is 29.3 Å². The summed E-state index contributed by atoms with van der Waals surface area (Å²) in [4.78, 5) is 25.8. The molecule has 1 saturated heterocycles. The fourth-order valence-corrected chi connectivity index (χ4v) is 2.82. The van der Waals surface area contributed by atoms with E-state index < -0.39 is 5.54 Å². The lowest BCUT2D eigenvalue weighted by Crippen LogP contribution is -2.45. The molecule has 0 radical (unpaired) electrons. The summed E-state index contributed by atoms with van der Waals surface area (Å²) in [5.41, 5.74) is 1.70. The van der Waals surface area contributed by atoms with Crippen LogP contribution in [0.3, 0.4) is 0 Å². The molecule has 1 aliphatic rings. The lowest BCUT2D eigenvalue weighted by Gasteiger charge is -2.23. The van der Waals surface area contributed by atoms with Gasteiger partial charge in [0.25, 0.3) is 5.91 Å². The van der Waals surface area contributed by atoms with Crippen LogP contribution < -0.4 is 10.1 Å². The molecule has 1 heterocycles. The summed E-state index contributed by atoms with van der Waals surface area (Å²) in [6.45, 7) is 8.82. The summed E-state index contributed by atoms with van der Waals surface area (Å²) in [6.07, 6.45) is 1.85. The Morgan fingerprint density at radius 3 is 2.39 bits per heavy atom. The first-order chi connectivity index (χ1) is 10.9. The van der Waals surface area contributed by atoms with Crippen molar-refractivity contribution in [2.45, 2.75) is 52.5 Å². The van der Waals surface area contributed by atoms with Crippen molar-refractivity contribution in [2.24, 2.45) is 0 Å². The van der Waals surface area contributed by atoms with E-state index in [2.05, 4.69) is 12.2 Å². The average molecular weight is 318 g/mol. The number of carbonyl (C=O) groups excluding carboxylic acids is 2. The first-order valence-corrected chi connectivity index (χ1v) is 8.27. The molecule has 5 heteroatoms. The number of carbonyl (C=O) groups is 2. The molecule has 0 unspecified atom stereocenters. The van der Waals surface area contributed by atoms with Crippen LogP contribution in [0.1, 0.15) is 44.2 Å². The van der Waals surface area contributed by atoms with Crippen LogP contribution in [-0.4, -0.2) is 35.5 Å². The minimum atomic E-state index is -0.716. The van der Waals surface area contributed by atoms with E-state index in [-0.39, 0.29) is 11.9 Å². The zero-order chi connectivity index (χ0) is 17.0. The van der Waals surface area contributed by atoms with Crippen LogP contribution in [0.5, 0.6) is 5.75 Å². The molecule has 0 atom stereocenters. The Balaban J connectivity index is 1.85. The lowest BCUT2D eigenvalue weighted by molar-refractivity contribution is -0.131. The van der Waals surface area contributed by atoms with Gasteiger partial charge in [-0.3, -0.25) is 9.69 Å². The van der Waals surface area contributed by atoms with Gasteiger partial charge in [0, 0.05) is 6.54 Å². The SMILES string of the molecule is CCC1(CC)NC(=O)N(CCCOc2ccc(C)c(C)c2)C1=O. The molecule has 3 amide bonds. The first kappa shape index (κ1) is 17.3. The smallest absolute Gasteiger partial charge is 0.325 e. The zero-order valence-corrected chi connectivity index (χ0v) is 14.4. The molecular weight excluding hydrogens is 292 g/mol. The Morgan fingerprint density at radius 1 is 1.13 bits per heavy atom. The maximum Gasteiger partial charge on any atom is 0.325 e. The van der Waals surface area contributed by atoms with Crippen LogP contribution in [0.15, 0.2) is 18.2 Å². The van der Waals surface area contributed by atoms with Crippen molar-refractivity contribution in [3.63, 3.8) is 0 Å². The van der Waals surface area contributed by atoms with E-state index in [1.165, 1.54) is 16.0 Å². The number of rotatable bonds is 7. The maximum atomic E-state index is 12.4. The number of hydrogen-bond acceptors (Lipinski definition) is 3. The molecule has 1 aromatic rings. The van der Waals surface area contributed by atoms with Gasteiger partial charge in [0.15, 0.2) is 0 Å². The number of imide groups is 1.